The Balaban J connectivity index is 1.42. The highest BCUT2D eigenvalue weighted by Crippen LogP contribution is 2.37. The van der Waals surface area contributed by atoms with E-state index >= 15 is 0 Å². The molecule has 172 valence electrons. The molecular formula is C23H25F2N7O. The van der Waals surface area contributed by atoms with Gasteiger partial charge in [0.25, 0.3) is 11.8 Å². The van der Waals surface area contributed by atoms with Gasteiger partial charge in [0.2, 0.25) is 5.95 Å². The molecule has 0 saturated heterocycles. The van der Waals surface area contributed by atoms with Crippen LogP contribution in [0.3, 0.4) is 0 Å². The van der Waals surface area contributed by atoms with Gasteiger partial charge in [-0.05, 0) is 23.1 Å². The number of hydrogen-bond acceptors (Lipinski definition) is 5. The van der Waals surface area contributed by atoms with E-state index in [2.05, 4.69) is 51.5 Å². The van der Waals surface area contributed by atoms with E-state index in [9.17, 15) is 13.6 Å². The fourth-order valence-electron chi connectivity index (χ4n) is 3.93. The Kier molecular flexibility index (Phi) is 4.84. The Morgan fingerprint density at radius 1 is 1.30 bits per heavy atom. The summed E-state index contributed by atoms with van der Waals surface area (Å²) in [6.07, 6.45) is 6.18. The maximum atomic E-state index is 13.1. The molecular weight excluding hydrogens is 428 g/mol. The third-order valence-electron chi connectivity index (χ3n) is 5.71. The summed E-state index contributed by atoms with van der Waals surface area (Å²) in [5, 5.41) is 11.0. The molecule has 10 heteroatoms. The van der Waals surface area contributed by atoms with Crippen LogP contribution in [0.1, 0.15) is 44.0 Å². The minimum absolute atomic E-state index is 0.101. The molecule has 3 N–H and O–H groups in total. The number of H-pyrrole nitrogens is 1. The first-order valence-corrected chi connectivity index (χ1v) is 10.8. The van der Waals surface area contributed by atoms with Crippen molar-refractivity contribution in [2.24, 2.45) is 5.41 Å². The van der Waals surface area contributed by atoms with Crippen molar-refractivity contribution in [3.05, 3.63) is 42.5 Å². The number of aromatic amines is 1. The van der Waals surface area contributed by atoms with Crippen LogP contribution in [0.25, 0.3) is 27.7 Å². The maximum Gasteiger partial charge on any atom is 0.255 e. The van der Waals surface area contributed by atoms with Gasteiger partial charge in [-0.1, -0.05) is 20.8 Å². The third-order valence-corrected chi connectivity index (χ3v) is 5.71. The maximum absolute atomic E-state index is 13.1. The number of alkyl halides is 2. The quantitative estimate of drug-likeness (QED) is 0.419. The number of carbonyl (C=O) groups is 1. The molecule has 0 bridgehead atoms. The third kappa shape index (κ3) is 4.24. The number of aromatic nitrogens is 5. The lowest BCUT2D eigenvalue weighted by Crippen LogP contribution is -2.50. The van der Waals surface area contributed by atoms with Crippen molar-refractivity contribution >= 4 is 28.4 Å². The van der Waals surface area contributed by atoms with E-state index in [4.69, 9.17) is 0 Å². The first kappa shape index (κ1) is 21.3. The summed E-state index contributed by atoms with van der Waals surface area (Å²) in [5.74, 6) is -2.54. The zero-order chi connectivity index (χ0) is 23.4. The van der Waals surface area contributed by atoms with Crippen LogP contribution >= 0.6 is 0 Å². The molecule has 1 aliphatic carbocycles. The zero-order valence-corrected chi connectivity index (χ0v) is 18.6. The van der Waals surface area contributed by atoms with E-state index in [1.54, 1.807) is 16.9 Å². The van der Waals surface area contributed by atoms with Crippen LogP contribution in [-0.2, 0) is 0 Å². The molecule has 1 saturated carbocycles. The normalized spacial score (nSPS) is 16.2. The Morgan fingerprint density at radius 2 is 2.09 bits per heavy atom. The lowest BCUT2D eigenvalue weighted by molar-refractivity contribution is -0.0901. The average molecular weight is 453 g/mol. The van der Waals surface area contributed by atoms with E-state index in [-0.39, 0.29) is 18.3 Å². The number of pyridine rings is 1. The molecule has 0 spiro atoms. The average Bonchev–Trinajstić information content (AvgIpc) is 3.33. The van der Waals surface area contributed by atoms with Gasteiger partial charge in [0.1, 0.15) is 5.65 Å². The van der Waals surface area contributed by atoms with Crippen LogP contribution in [0.2, 0.25) is 0 Å². The smallest absolute Gasteiger partial charge is 0.255 e. The SMILES string of the molecule is CC(C)(C)CNc1ncc2c(-c3ccn4ncc(C(=O)NC5CC(F)(F)C5)c4c3)c[nH]c2n1. The molecule has 0 aliphatic heterocycles. The summed E-state index contributed by atoms with van der Waals surface area (Å²) in [7, 11) is 0. The van der Waals surface area contributed by atoms with E-state index < -0.39 is 17.9 Å². The van der Waals surface area contributed by atoms with Gasteiger partial charge >= 0.3 is 0 Å². The highest BCUT2D eigenvalue weighted by atomic mass is 19.3. The van der Waals surface area contributed by atoms with Crippen LogP contribution in [0, 0.1) is 5.41 Å². The monoisotopic (exact) mass is 453 g/mol. The molecule has 0 atom stereocenters. The fraction of sp³-hybridized carbons (Fsp3) is 0.391. The summed E-state index contributed by atoms with van der Waals surface area (Å²) in [6, 6.07) is 3.23. The summed E-state index contributed by atoms with van der Waals surface area (Å²) in [4.78, 5) is 24.9. The van der Waals surface area contributed by atoms with Gasteiger partial charge in [0.05, 0.1) is 17.3 Å². The molecule has 1 amide bonds. The lowest BCUT2D eigenvalue weighted by atomic mass is 9.88. The minimum Gasteiger partial charge on any atom is -0.354 e. The fourth-order valence-corrected chi connectivity index (χ4v) is 3.93. The molecule has 4 aromatic rings. The van der Waals surface area contributed by atoms with Gasteiger partial charge in [-0.3, -0.25) is 4.79 Å². The van der Waals surface area contributed by atoms with Crippen molar-refractivity contribution in [1.29, 1.82) is 0 Å². The molecule has 0 unspecified atom stereocenters. The predicted molar refractivity (Wildman–Crippen MR) is 121 cm³/mol. The topological polar surface area (TPSA) is 100 Å². The first-order chi connectivity index (χ1) is 15.6. The highest BCUT2D eigenvalue weighted by molar-refractivity contribution is 6.02. The standard InChI is InChI=1S/C23H25F2N7O/c1-22(2,3)12-28-21-27-10-16-15(9-26-19(16)31-21)13-4-5-32-18(6-13)17(11-29-32)20(33)30-14-7-23(24,25)8-14/h4-6,9-11,14H,7-8,12H2,1-3H3,(H,30,33)(H2,26,27,28,31). The Bertz CT molecular complexity index is 1340. The highest BCUT2D eigenvalue weighted by Gasteiger charge is 2.46. The summed E-state index contributed by atoms with van der Waals surface area (Å²) < 4.78 is 27.8. The molecule has 4 aromatic heterocycles. The Hall–Kier alpha value is -3.56. The second-order valence-electron chi connectivity index (χ2n) is 9.81. The molecule has 1 aliphatic rings. The number of hydrogen-bond donors (Lipinski definition) is 3. The second kappa shape index (κ2) is 7.50. The number of fused-ring (bicyclic) bond motifs is 2. The molecule has 33 heavy (non-hydrogen) atoms. The van der Waals surface area contributed by atoms with Crippen molar-refractivity contribution in [1.82, 2.24) is 29.9 Å². The lowest BCUT2D eigenvalue weighted by Gasteiger charge is -2.35. The number of halogens is 2. The van der Waals surface area contributed by atoms with Gasteiger partial charge in [-0.25, -0.2) is 18.3 Å². The van der Waals surface area contributed by atoms with E-state index in [0.717, 1.165) is 23.1 Å². The minimum atomic E-state index is -2.69. The zero-order valence-electron chi connectivity index (χ0n) is 18.6. The van der Waals surface area contributed by atoms with Crippen LogP contribution in [0.15, 0.2) is 36.9 Å². The van der Waals surface area contributed by atoms with E-state index in [0.29, 0.717) is 22.7 Å². The number of nitrogens with one attached hydrogen (secondary N) is 3. The second-order valence-corrected chi connectivity index (χ2v) is 9.81. The van der Waals surface area contributed by atoms with Gasteiger partial charge in [-0.15, -0.1) is 0 Å². The van der Waals surface area contributed by atoms with E-state index in [1.165, 1.54) is 6.20 Å². The Morgan fingerprint density at radius 3 is 2.82 bits per heavy atom. The molecule has 1 fully saturated rings. The van der Waals surface area contributed by atoms with Crippen molar-refractivity contribution < 1.29 is 13.6 Å². The van der Waals surface area contributed by atoms with Crippen molar-refractivity contribution in [3.8, 4) is 11.1 Å². The van der Waals surface area contributed by atoms with Gasteiger partial charge < -0.3 is 15.6 Å². The largest absolute Gasteiger partial charge is 0.354 e. The molecule has 0 aromatic carbocycles. The molecule has 8 nitrogen and oxygen atoms in total. The van der Waals surface area contributed by atoms with Crippen molar-refractivity contribution in [2.75, 3.05) is 11.9 Å². The van der Waals surface area contributed by atoms with Crippen molar-refractivity contribution in [2.45, 2.75) is 45.6 Å². The molecule has 0 radical (unpaired) electrons. The number of anilines is 1. The van der Waals surface area contributed by atoms with Gasteiger partial charge in [0.15, 0.2) is 0 Å². The van der Waals surface area contributed by atoms with Crippen molar-refractivity contribution in [3.63, 3.8) is 0 Å². The summed E-state index contributed by atoms with van der Waals surface area (Å²) in [6.45, 7) is 7.14. The Labute approximate surface area is 188 Å². The number of amides is 1. The summed E-state index contributed by atoms with van der Waals surface area (Å²) >= 11 is 0. The molecule has 4 heterocycles. The number of rotatable bonds is 5. The first-order valence-electron chi connectivity index (χ1n) is 10.8. The number of carbonyl (C=O) groups excluding carboxylic acids is 1. The van der Waals surface area contributed by atoms with Gasteiger partial charge in [0, 0.05) is 55.0 Å². The predicted octanol–water partition coefficient (Wildman–Crippen LogP) is 4.26. The van der Waals surface area contributed by atoms with Crippen LogP contribution in [0.5, 0.6) is 0 Å². The molecule has 5 rings (SSSR count). The van der Waals surface area contributed by atoms with Crippen LogP contribution in [0.4, 0.5) is 14.7 Å². The number of nitrogens with zero attached hydrogens (tertiary/aromatic N) is 4. The van der Waals surface area contributed by atoms with Crippen LogP contribution in [-0.4, -0.2) is 49.0 Å². The van der Waals surface area contributed by atoms with Gasteiger partial charge in [-0.2, -0.15) is 10.1 Å². The summed E-state index contributed by atoms with van der Waals surface area (Å²) in [5.41, 5.74) is 3.49. The van der Waals surface area contributed by atoms with E-state index in [1.807, 2.05) is 18.3 Å². The van der Waals surface area contributed by atoms with Crippen LogP contribution < -0.4 is 10.6 Å².